The van der Waals surface area contributed by atoms with Gasteiger partial charge in [-0.25, -0.2) is 4.98 Å². The maximum absolute atomic E-state index is 10.4. The van der Waals surface area contributed by atoms with Crippen molar-refractivity contribution < 1.29 is 9.66 Å². The van der Waals surface area contributed by atoms with E-state index in [1.54, 1.807) is 0 Å². The van der Waals surface area contributed by atoms with Crippen LogP contribution in [0, 0.1) is 10.1 Å². The molecule has 2 heterocycles. The van der Waals surface area contributed by atoms with Crippen molar-refractivity contribution in [2.24, 2.45) is 0 Å². The van der Waals surface area contributed by atoms with Gasteiger partial charge in [0.15, 0.2) is 0 Å². The molecule has 1 atom stereocenters. The third-order valence-electron chi connectivity index (χ3n) is 2.23. The van der Waals surface area contributed by atoms with Gasteiger partial charge in [-0.05, 0) is 13.0 Å². The number of hydrogen-bond donors (Lipinski definition) is 1. The summed E-state index contributed by atoms with van der Waals surface area (Å²) in [6.07, 6.45) is 2.27. The Labute approximate surface area is 98.6 Å². The first kappa shape index (κ1) is 12.7. The number of pyridine rings is 1. The highest BCUT2D eigenvalue weighted by Gasteiger charge is 2.16. The summed E-state index contributed by atoms with van der Waals surface area (Å²) in [5.74, 6) is 0.439. The largest absolute Gasteiger partial charge is 0.473 e. The van der Waals surface area contributed by atoms with Gasteiger partial charge in [0.25, 0.3) is 5.69 Å². The number of hydrogen-bond acceptors (Lipinski definition) is 5. The summed E-state index contributed by atoms with van der Waals surface area (Å²) in [6, 6.07) is 2.92. The first-order valence-corrected chi connectivity index (χ1v) is 4.73. The van der Waals surface area contributed by atoms with Crippen LogP contribution in [-0.2, 0) is 0 Å². The molecule has 1 aromatic rings. The van der Waals surface area contributed by atoms with Crippen molar-refractivity contribution in [3.63, 3.8) is 0 Å². The molecule has 1 fully saturated rings. The Hall–Kier alpha value is -1.40. The molecule has 6 nitrogen and oxygen atoms in total. The quantitative estimate of drug-likeness (QED) is 0.639. The van der Waals surface area contributed by atoms with E-state index in [0.717, 1.165) is 19.5 Å². The molecule has 1 saturated heterocycles. The van der Waals surface area contributed by atoms with E-state index in [0.29, 0.717) is 5.88 Å². The van der Waals surface area contributed by atoms with Gasteiger partial charge < -0.3 is 10.1 Å². The molecule has 7 heteroatoms. The van der Waals surface area contributed by atoms with E-state index in [1.807, 2.05) is 0 Å². The zero-order valence-electron chi connectivity index (χ0n) is 8.46. The van der Waals surface area contributed by atoms with Crippen molar-refractivity contribution in [2.75, 3.05) is 13.1 Å². The standard InChI is InChI=1S/C9H11N3O3.ClH/c13-12(14)7-1-2-9(11-5-7)15-8-3-4-10-6-8;/h1-2,5,8,10H,3-4,6H2;1H. The maximum atomic E-state index is 10.4. The Kier molecular flexibility index (Phi) is 4.45. The van der Waals surface area contributed by atoms with Gasteiger partial charge in [-0.15, -0.1) is 12.4 Å². The van der Waals surface area contributed by atoms with Gasteiger partial charge in [0.05, 0.1) is 4.92 Å². The average Bonchev–Trinajstić information content (AvgIpc) is 2.71. The molecule has 16 heavy (non-hydrogen) atoms. The normalized spacial score (nSPS) is 18.9. The van der Waals surface area contributed by atoms with Crippen molar-refractivity contribution in [1.29, 1.82) is 0 Å². The Balaban J connectivity index is 0.00000128. The fourth-order valence-corrected chi connectivity index (χ4v) is 1.45. The van der Waals surface area contributed by atoms with Gasteiger partial charge in [-0.1, -0.05) is 0 Å². The third kappa shape index (κ3) is 3.04. The molecule has 0 radical (unpaired) electrons. The molecule has 0 saturated carbocycles. The predicted molar refractivity (Wildman–Crippen MR) is 60.0 cm³/mol. The molecular weight excluding hydrogens is 234 g/mol. The van der Waals surface area contributed by atoms with Gasteiger partial charge in [0, 0.05) is 18.7 Å². The summed E-state index contributed by atoms with van der Waals surface area (Å²) in [5.41, 5.74) is -0.0214. The fourth-order valence-electron chi connectivity index (χ4n) is 1.45. The summed E-state index contributed by atoms with van der Waals surface area (Å²) in [7, 11) is 0. The minimum Gasteiger partial charge on any atom is -0.473 e. The molecular formula is C9H12ClN3O3. The van der Waals surface area contributed by atoms with Crippen molar-refractivity contribution >= 4 is 18.1 Å². The number of halogens is 1. The molecule has 1 unspecified atom stereocenters. The van der Waals surface area contributed by atoms with Crippen LogP contribution in [0.5, 0.6) is 5.88 Å². The lowest BCUT2D eigenvalue weighted by Gasteiger charge is -2.10. The van der Waals surface area contributed by atoms with Gasteiger partial charge in [0.1, 0.15) is 12.3 Å². The van der Waals surface area contributed by atoms with Crippen LogP contribution in [0.2, 0.25) is 0 Å². The van der Waals surface area contributed by atoms with E-state index in [9.17, 15) is 10.1 Å². The smallest absolute Gasteiger partial charge is 0.287 e. The van der Waals surface area contributed by atoms with Crippen LogP contribution in [0.15, 0.2) is 18.3 Å². The number of nitrogens with one attached hydrogen (secondary N) is 1. The Morgan fingerprint density at radius 2 is 2.38 bits per heavy atom. The number of rotatable bonds is 3. The van der Waals surface area contributed by atoms with E-state index >= 15 is 0 Å². The first-order chi connectivity index (χ1) is 7.25. The second-order valence-electron chi connectivity index (χ2n) is 3.34. The zero-order chi connectivity index (χ0) is 10.7. The summed E-state index contributed by atoms with van der Waals surface area (Å²) in [4.78, 5) is 13.8. The molecule has 88 valence electrons. The van der Waals surface area contributed by atoms with Crippen LogP contribution in [-0.4, -0.2) is 29.1 Å². The SMILES string of the molecule is Cl.O=[N+]([O-])c1ccc(OC2CCNC2)nc1. The Morgan fingerprint density at radius 1 is 1.56 bits per heavy atom. The highest BCUT2D eigenvalue weighted by Crippen LogP contribution is 2.16. The first-order valence-electron chi connectivity index (χ1n) is 4.73. The molecule has 0 bridgehead atoms. The van der Waals surface area contributed by atoms with Crippen LogP contribution in [0.1, 0.15) is 6.42 Å². The highest BCUT2D eigenvalue weighted by atomic mass is 35.5. The van der Waals surface area contributed by atoms with E-state index in [1.165, 1.54) is 18.3 Å². The van der Waals surface area contributed by atoms with Crippen LogP contribution in [0.4, 0.5) is 5.69 Å². The molecule has 1 aliphatic rings. The highest BCUT2D eigenvalue weighted by molar-refractivity contribution is 5.85. The average molecular weight is 246 g/mol. The number of ether oxygens (including phenoxy) is 1. The lowest BCUT2D eigenvalue weighted by molar-refractivity contribution is -0.385. The molecule has 1 aromatic heterocycles. The van der Waals surface area contributed by atoms with E-state index in [4.69, 9.17) is 4.74 Å². The molecule has 1 N–H and O–H groups in total. The van der Waals surface area contributed by atoms with Crippen LogP contribution in [0.25, 0.3) is 0 Å². The lowest BCUT2D eigenvalue weighted by Crippen LogP contribution is -2.19. The molecule has 0 amide bonds. The van der Waals surface area contributed by atoms with Crippen LogP contribution < -0.4 is 10.1 Å². The number of nitro groups is 1. The second-order valence-corrected chi connectivity index (χ2v) is 3.34. The minimum absolute atomic E-state index is 0. The zero-order valence-corrected chi connectivity index (χ0v) is 9.27. The summed E-state index contributed by atoms with van der Waals surface area (Å²) >= 11 is 0. The van der Waals surface area contributed by atoms with Crippen LogP contribution >= 0.6 is 12.4 Å². The predicted octanol–water partition coefficient (Wildman–Crippen LogP) is 1.15. The second kappa shape index (κ2) is 5.62. The van der Waals surface area contributed by atoms with Crippen molar-refractivity contribution in [2.45, 2.75) is 12.5 Å². The molecule has 0 spiro atoms. The Morgan fingerprint density at radius 3 is 2.88 bits per heavy atom. The topological polar surface area (TPSA) is 77.3 Å². The van der Waals surface area contributed by atoms with Gasteiger partial charge in [0.2, 0.25) is 5.88 Å². The molecule has 0 aromatic carbocycles. The molecule has 2 rings (SSSR count). The van der Waals surface area contributed by atoms with Crippen LogP contribution in [0.3, 0.4) is 0 Å². The third-order valence-corrected chi connectivity index (χ3v) is 2.23. The molecule has 1 aliphatic heterocycles. The number of aromatic nitrogens is 1. The minimum atomic E-state index is -0.478. The van der Waals surface area contributed by atoms with E-state index in [2.05, 4.69) is 10.3 Å². The van der Waals surface area contributed by atoms with Gasteiger partial charge in [-0.3, -0.25) is 10.1 Å². The summed E-state index contributed by atoms with van der Waals surface area (Å²) < 4.78 is 5.51. The van der Waals surface area contributed by atoms with E-state index < -0.39 is 4.92 Å². The summed E-state index contributed by atoms with van der Waals surface area (Å²) in [6.45, 7) is 1.75. The maximum Gasteiger partial charge on any atom is 0.287 e. The van der Waals surface area contributed by atoms with Crippen molar-refractivity contribution in [3.05, 3.63) is 28.4 Å². The van der Waals surface area contributed by atoms with Crippen molar-refractivity contribution in [3.8, 4) is 5.88 Å². The number of nitrogens with zero attached hydrogens (tertiary/aromatic N) is 2. The monoisotopic (exact) mass is 245 g/mol. The Bertz CT molecular complexity index is 352. The van der Waals surface area contributed by atoms with E-state index in [-0.39, 0.29) is 24.2 Å². The molecule has 0 aliphatic carbocycles. The van der Waals surface area contributed by atoms with Gasteiger partial charge in [-0.2, -0.15) is 0 Å². The van der Waals surface area contributed by atoms with Gasteiger partial charge >= 0.3 is 0 Å². The lowest BCUT2D eigenvalue weighted by atomic mass is 10.3. The van der Waals surface area contributed by atoms with Crippen molar-refractivity contribution in [1.82, 2.24) is 10.3 Å². The fraction of sp³-hybridized carbons (Fsp3) is 0.444. The summed E-state index contributed by atoms with van der Waals surface area (Å²) in [5, 5.41) is 13.5.